The summed E-state index contributed by atoms with van der Waals surface area (Å²) in [6.45, 7) is 3.65. The minimum absolute atomic E-state index is 0.469. The Morgan fingerprint density at radius 1 is 1.12 bits per heavy atom. The second-order valence-electron chi connectivity index (χ2n) is 8.57. The summed E-state index contributed by atoms with van der Waals surface area (Å²) in [6, 6.07) is 13.3. The minimum atomic E-state index is -0.847. The molecular weight excluding hydrogens is 406 g/mol. The SMILES string of the molecule is Cn1ccc(-c2ccc3[nH]nc(-c4cc5cc(C=O)cc6c5n4C(=O)OC6(C)C)c3c2)n1. The molecule has 5 aromatic rings. The van der Waals surface area contributed by atoms with Crippen LogP contribution in [0, 0.1) is 0 Å². The standard InChI is InChI=1S/C24H19N5O3/c1-24(2)17-9-13(12-30)8-15-11-20(29(22(15)17)23(31)32-24)21-16-10-14(4-5-19(16)25-26-21)18-6-7-28(3)27-18/h4-12H,1-3H3,(H,25,26). The second kappa shape index (κ2) is 6.16. The summed E-state index contributed by atoms with van der Waals surface area (Å²) in [5.41, 5.74) is 5.09. The third-order valence-corrected chi connectivity index (χ3v) is 6.04. The molecule has 8 heteroatoms. The molecule has 8 nitrogen and oxygen atoms in total. The molecule has 32 heavy (non-hydrogen) atoms. The molecule has 0 saturated carbocycles. The number of carbonyl (C=O) groups is 2. The summed E-state index contributed by atoms with van der Waals surface area (Å²) in [6.07, 6.45) is 2.23. The van der Waals surface area contributed by atoms with Crippen LogP contribution in [0.25, 0.3) is 44.5 Å². The number of fused-ring (bicyclic) bond motifs is 1. The van der Waals surface area contributed by atoms with Crippen LogP contribution < -0.4 is 0 Å². The van der Waals surface area contributed by atoms with Crippen molar-refractivity contribution in [3.05, 3.63) is 59.8 Å². The van der Waals surface area contributed by atoms with E-state index in [1.54, 1.807) is 21.4 Å². The average Bonchev–Trinajstić information content (AvgIpc) is 3.47. The highest BCUT2D eigenvalue weighted by atomic mass is 16.6. The van der Waals surface area contributed by atoms with Crippen LogP contribution in [0.5, 0.6) is 0 Å². The number of carbonyl (C=O) groups excluding carboxylic acids is 2. The van der Waals surface area contributed by atoms with Gasteiger partial charge < -0.3 is 4.74 Å². The largest absolute Gasteiger partial charge is 0.438 e. The zero-order valence-corrected chi connectivity index (χ0v) is 17.7. The third-order valence-electron chi connectivity index (χ3n) is 6.04. The molecule has 0 fully saturated rings. The van der Waals surface area contributed by atoms with Gasteiger partial charge in [-0.1, -0.05) is 6.07 Å². The number of benzene rings is 2. The first-order chi connectivity index (χ1) is 15.4. The van der Waals surface area contributed by atoms with Gasteiger partial charge >= 0.3 is 6.09 Å². The quantitative estimate of drug-likeness (QED) is 0.425. The number of hydrogen-bond donors (Lipinski definition) is 1. The molecule has 0 unspecified atom stereocenters. The van der Waals surface area contributed by atoms with E-state index >= 15 is 0 Å². The number of rotatable bonds is 3. The second-order valence-corrected chi connectivity index (χ2v) is 8.57. The zero-order valence-electron chi connectivity index (χ0n) is 17.7. The smallest absolute Gasteiger partial charge is 0.419 e. The molecule has 1 aliphatic heterocycles. The Bertz CT molecular complexity index is 1580. The highest BCUT2D eigenvalue weighted by molar-refractivity contribution is 6.05. The van der Waals surface area contributed by atoms with Gasteiger partial charge in [-0.05, 0) is 50.2 Å². The zero-order chi connectivity index (χ0) is 22.2. The van der Waals surface area contributed by atoms with Crippen molar-refractivity contribution in [3.63, 3.8) is 0 Å². The first-order valence-electron chi connectivity index (χ1n) is 10.2. The van der Waals surface area contributed by atoms with Gasteiger partial charge in [-0.3, -0.25) is 14.6 Å². The van der Waals surface area contributed by atoms with E-state index in [-0.39, 0.29) is 0 Å². The minimum Gasteiger partial charge on any atom is -0.438 e. The van der Waals surface area contributed by atoms with E-state index < -0.39 is 11.7 Å². The van der Waals surface area contributed by atoms with Gasteiger partial charge in [-0.2, -0.15) is 10.2 Å². The van der Waals surface area contributed by atoms with Crippen molar-refractivity contribution in [2.24, 2.45) is 7.05 Å². The third kappa shape index (κ3) is 2.49. The lowest BCUT2D eigenvalue weighted by atomic mass is 9.93. The first-order valence-corrected chi connectivity index (χ1v) is 10.2. The van der Waals surface area contributed by atoms with Crippen LogP contribution in [0.1, 0.15) is 29.8 Å². The Labute approximate surface area is 182 Å². The molecule has 6 rings (SSSR count). The Hall–Kier alpha value is -4.20. The van der Waals surface area contributed by atoms with Gasteiger partial charge in [0.15, 0.2) is 0 Å². The number of aromatic nitrogens is 5. The molecular formula is C24H19N5O3. The highest BCUT2D eigenvalue weighted by Gasteiger charge is 2.37. The van der Waals surface area contributed by atoms with E-state index in [2.05, 4.69) is 15.3 Å². The number of nitrogens with zero attached hydrogens (tertiary/aromatic N) is 4. The monoisotopic (exact) mass is 425 g/mol. The molecule has 0 atom stereocenters. The number of nitrogens with one attached hydrogen (secondary N) is 1. The Balaban J connectivity index is 1.64. The maximum absolute atomic E-state index is 13.1. The van der Waals surface area contributed by atoms with Gasteiger partial charge in [-0.15, -0.1) is 0 Å². The number of cyclic esters (lactones) is 1. The molecule has 0 amide bonds. The van der Waals surface area contributed by atoms with Crippen molar-refractivity contribution in [2.75, 3.05) is 0 Å². The van der Waals surface area contributed by atoms with Crippen molar-refractivity contribution in [1.29, 1.82) is 0 Å². The van der Waals surface area contributed by atoms with Crippen LogP contribution in [0.2, 0.25) is 0 Å². The van der Waals surface area contributed by atoms with E-state index in [1.165, 1.54) is 0 Å². The lowest BCUT2D eigenvalue weighted by Crippen LogP contribution is -2.34. The van der Waals surface area contributed by atoms with Crippen molar-refractivity contribution in [2.45, 2.75) is 19.4 Å². The number of aryl methyl sites for hydroxylation is 1. The van der Waals surface area contributed by atoms with E-state index in [1.807, 2.05) is 57.4 Å². The van der Waals surface area contributed by atoms with Gasteiger partial charge in [0.2, 0.25) is 0 Å². The normalized spacial score (nSPS) is 14.8. The maximum atomic E-state index is 13.1. The summed E-state index contributed by atoms with van der Waals surface area (Å²) in [7, 11) is 1.88. The Kier molecular flexibility index (Phi) is 3.57. The molecule has 0 aliphatic carbocycles. The summed E-state index contributed by atoms with van der Waals surface area (Å²) < 4.78 is 9.05. The average molecular weight is 425 g/mol. The van der Waals surface area contributed by atoms with E-state index in [4.69, 9.17) is 4.74 Å². The van der Waals surface area contributed by atoms with Gasteiger partial charge in [0, 0.05) is 40.7 Å². The number of aldehydes is 1. The summed E-state index contributed by atoms with van der Waals surface area (Å²) in [5.74, 6) is 0. The summed E-state index contributed by atoms with van der Waals surface area (Å²) in [5, 5.41) is 13.7. The summed E-state index contributed by atoms with van der Waals surface area (Å²) in [4.78, 5) is 24.6. The highest BCUT2D eigenvalue weighted by Crippen LogP contribution is 2.42. The van der Waals surface area contributed by atoms with Crippen molar-refractivity contribution in [1.82, 2.24) is 24.5 Å². The van der Waals surface area contributed by atoms with Crippen LogP contribution >= 0.6 is 0 Å². The first kappa shape index (κ1) is 18.6. The molecule has 4 heterocycles. The molecule has 3 aromatic heterocycles. The number of H-pyrrole nitrogens is 1. The number of aromatic amines is 1. The lowest BCUT2D eigenvalue weighted by Gasteiger charge is -2.31. The van der Waals surface area contributed by atoms with Crippen molar-refractivity contribution in [3.8, 4) is 22.6 Å². The number of ether oxygens (including phenoxy) is 1. The Morgan fingerprint density at radius 3 is 2.72 bits per heavy atom. The summed E-state index contributed by atoms with van der Waals surface area (Å²) >= 11 is 0. The molecule has 0 saturated heterocycles. The van der Waals surface area contributed by atoms with E-state index in [9.17, 15) is 9.59 Å². The van der Waals surface area contributed by atoms with E-state index in [0.717, 1.165) is 44.9 Å². The predicted molar refractivity (Wildman–Crippen MR) is 120 cm³/mol. The van der Waals surface area contributed by atoms with Crippen LogP contribution in [-0.4, -0.2) is 36.9 Å². The molecule has 0 radical (unpaired) electrons. The van der Waals surface area contributed by atoms with Gasteiger partial charge in [0.25, 0.3) is 0 Å². The molecule has 2 aromatic carbocycles. The fraction of sp³-hybridized carbons (Fsp3) is 0.167. The molecule has 0 spiro atoms. The molecule has 1 aliphatic rings. The van der Waals surface area contributed by atoms with Crippen LogP contribution in [0.4, 0.5) is 4.79 Å². The van der Waals surface area contributed by atoms with Crippen molar-refractivity contribution < 1.29 is 14.3 Å². The molecule has 158 valence electrons. The van der Waals surface area contributed by atoms with Crippen LogP contribution in [0.3, 0.4) is 0 Å². The molecule has 1 N–H and O–H groups in total. The topological polar surface area (TPSA) is 94.8 Å². The van der Waals surface area contributed by atoms with Gasteiger partial charge in [0.05, 0.1) is 22.4 Å². The Morgan fingerprint density at radius 2 is 1.97 bits per heavy atom. The fourth-order valence-electron chi connectivity index (χ4n) is 4.52. The molecule has 0 bridgehead atoms. The van der Waals surface area contributed by atoms with Crippen LogP contribution in [-0.2, 0) is 17.4 Å². The lowest BCUT2D eigenvalue weighted by molar-refractivity contribution is 0.0334. The predicted octanol–water partition coefficient (Wildman–Crippen LogP) is 4.63. The maximum Gasteiger partial charge on any atom is 0.419 e. The van der Waals surface area contributed by atoms with Gasteiger partial charge in [-0.25, -0.2) is 9.36 Å². The van der Waals surface area contributed by atoms with E-state index in [0.29, 0.717) is 17.0 Å². The fourth-order valence-corrected chi connectivity index (χ4v) is 4.52. The van der Waals surface area contributed by atoms with Crippen molar-refractivity contribution >= 4 is 34.2 Å². The van der Waals surface area contributed by atoms with Gasteiger partial charge in [0.1, 0.15) is 17.6 Å². The number of hydrogen-bond acceptors (Lipinski definition) is 5. The van der Waals surface area contributed by atoms with Crippen LogP contribution in [0.15, 0.2) is 48.7 Å².